The number of pyridine rings is 1. The molecule has 0 atom stereocenters. The van der Waals surface area contributed by atoms with Gasteiger partial charge in [-0.05, 0) is 58.9 Å². The largest absolute Gasteiger partial charge is 0.472 e. The monoisotopic (exact) mass is 384 g/mol. The van der Waals surface area contributed by atoms with E-state index in [1.807, 2.05) is 24.3 Å². The van der Waals surface area contributed by atoms with Crippen molar-refractivity contribution in [3.8, 4) is 17.0 Å². The van der Waals surface area contributed by atoms with Gasteiger partial charge in [-0.3, -0.25) is 0 Å². The molecule has 2 heterocycles. The highest BCUT2D eigenvalue weighted by Gasteiger charge is 2.22. The Balaban J connectivity index is 1.82. The molecule has 0 fully saturated rings. The number of hydrogen-bond acceptors (Lipinski definition) is 2. The molecule has 0 amide bonds. The van der Waals surface area contributed by atoms with Crippen molar-refractivity contribution in [2.75, 3.05) is 0 Å². The van der Waals surface area contributed by atoms with Crippen LogP contribution in [0.15, 0.2) is 67.0 Å². The van der Waals surface area contributed by atoms with Crippen LogP contribution >= 0.6 is 0 Å². The zero-order valence-electron chi connectivity index (χ0n) is 17.9. The van der Waals surface area contributed by atoms with E-state index in [9.17, 15) is 0 Å². The second-order valence-corrected chi connectivity index (χ2v) is 8.72. The maximum atomic E-state index is 6.13. The lowest BCUT2D eigenvalue weighted by atomic mass is 9.83. The lowest BCUT2D eigenvalue weighted by molar-refractivity contribution is 0.295. The first-order valence-electron chi connectivity index (χ1n) is 10.1. The molecule has 0 aliphatic heterocycles. The van der Waals surface area contributed by atoms with E-state index in [0.29, 0.717) is 12.5 Å². The molecule has 2 aromatic heterocycles. The first kappa shape index (κ1) is 19.3. The van der Waals surface area contributed by atoms with Crippen LogP contribution in [0.4, 0.5) is 0 Å². The minimum absolute atomic E-state index is 0.0279. The predicted molar refractivity (Wildman–Crippen MR) is 120 cm³/mol. The van der Waals surface area contributed by atoms with Gasteiger partial charge in [0.15, 0.2) is 0 Å². The van der Waals surface area contributed by atoms with Crippen molar-refractivity contribution in [1.29, 1.82) is 0 Å². The summed E-state index contributed by atoms with van der Waals surface area (Å²) in [6, 6.07) is 18.9. The lowest BCUT2D eigenvalue weighted by Crippen LogP contribution is -2.13. The van der Waals surface area contributed by atoms with Crippen LogP contribution in [0.3, 0.4) is 0 Å². The van der Waals surface area contributed by atoms with Gasteiger partial charge in [0, 0.05) is 30.4 Å². The molecular formula is C26H28N2O. The Bertz CT molecular complexity index is 1150. The van der Waals surface area contributed by atoms with Crippen LogP contribution in [0.1, 0.15) is 37.5 Å². The molecule has 3 nitrogen and oxygen atoms in total. The quantitative estimate of drug-likeness (QED) is 0.406. The van der Waals surface area contributed by atoms with Gasteiger partial charge in [0.2, 0.25) is 5.88 Å². The number of fused-ring (bicyclic) bond motifs is 1. The average molecular weight is 385 g/mol. The summed E-state index contributed by atoms with van der Waals surface area (Å²) in [5, 5.41) is 1.28. The Morgan fingerprint density at radius 3 is 2.48 bits per heavy atom. The van der Waals surface area contributed by atoms with E-state index in [-0.39, 0.29) is 5.41 Å². The standard InChI is InChI=1S/C26H28N2O/c1-18-16-28(5)24-22(18)14-20(15-23(24)26(2,3)4)21-12-9-13-27-25(21)29-17-19-10-7-6-8-11-19/h6-16H,17H2,1-5H3. The summed E-state index contributed by atoms with van der Waals surface area (Å²) >= 11 is 0. The summed E-state index contributed by atoms with van der Waals surface area (Å²) in [5.74, 6) is 0.671. The Hall–Kier alpha value is -3.07. The maximum Gasteiger partial charge on any atom is 0.221 e. The van der Waals surface area contributed by atoms with Crippen molar-refractivity contribution >= 4 is 10.9 Å². The highest BCUT2D eigenvalue weighted by atomic mass is 16.5. The summed E-state index contributed by atoms with van der Waals surface area (Å²) in [4.78, 5) is 4.54. The van der Waals surface area contributed by atoms with Crippen molar-refractivity contribution in [1.82, 2.24) is 9.55 Å². The van der Waals surface area contributed by atoms with Crippen LogP contribution in [0.2, 0.25) is 0 Å². The Morgan fingerprint density at radius 2 is 1.76 bits per heavy atom. The van der Waals surface area contributed by atoms with Gasteiger partial charge in [0.25, 0.3) is 0 Å². The van der Waals surface area contributed by atoms with E-state index < -0.39 is 0 Å². The first-order valence-corrected chi connectivity index (χ1v) is 10.1. The summed E-state index contributed by atoms with van der Waals surface area (Å²) in [6.45, 7) is 9.48. The van der Waals surface area contributed by atoms with E-state index in [1.165, 1.54) is 22.0 Å². The molecule has 0 N–H and O–H groups in total. The highest BCUT2D eigenvalue weighted by molar-refractivity contribution is 5.92. The molecule has 148 valence electrons. The molecule has 29 heavy (non-hydrogen) atoms. The van der Waals surface area contributed by atoms with Crippen molar-refractivity contribution < 1.29 is 4.74 Å². The summed E-state index contributed by atoms with van der Waals surface area (Å²) < 4.78 is 8.38. The number of aryl methyl sites for hydroxylation is 2. The van der Waals surface area contributed by atoms with Gasteiger partial charge in [-0.15, -0.1) is 0 Å². The predicted octanol–water partition coefficient (Wildman–Crippen LogP) is 6.43. The number of aromatic nitrogens is 2. The normalized spacial score (nSPS) is 11.8. The molecule has 0 radical (unpaired) electrons. The summed E-state index contributed by atoms with van der Waals surface area (Å²) in [5.41, 5.74) is 7.25. The van der Waals surface area contributed by atoms with E-state index in [1.54, 1.807) is 6.20 Å². The van der Waals surface area contributed by atoms with Crippen LogP contribution in [-0.2, 0) is 19.1 Å². The topological polar surface area (TPSA) is 27.1 Å². The lowest BCUT2D eigenvalue weighted by Gasteiger charge is -2.23. The Kier molecular flexibility index (Phi) is 4.91. The number of rotatable bonds is 4. The molecule has 0 unspecified atom stereocenters. The number of hydrogen-bond donors (Lipinski definition) is 0. The third kappa shape index (κ3) is 3.77. The molecule has 3 heteroatoms. The van der Waals surface area contributed by atoms with E-state index >= 15 is 0 Å². The molecule has 0 aliphatic rings. The van der Waals surface area contributed by atoms with Gasteiger partial charge in [-0.25, -0.2) is 4.98 Å². The van der Waals surface area contributed by atoms with E-state index in [2.05, 4.69) is 80.8 Å². The molecule has 0 saturated heterocycles. The molecule has 0 spiro atoms. The highest BCUT2D eigenvalue weighted by Crippen LogP contribution is 2.38. The molecule has 0 bridgehead atoms. The number of ether oxygens (including phenoxy) is 1. The van der Waals surface area contributed by atoms with Gasteiger partial charge in [-0.2, -0.15) is 0 Å². The van der Waals surface area contributed by atoms with Crippen molar-refractivity contribution in [2.45, 2.75) is 39.7 Å². The van der Waals surface area contributed by atoms with Crippen molar-refractivity contribution in [3.05, 3.63) is 83.7 Å². The van der Waals surface area contributed by atoms with Gasteiger partial charge in [0.1, 0.15) is 6.61 Å². The van der Waals surface area contributed by atoms with Gasteiger partial charge >= 0.3 is 0 Å². The smallest absolute Gasteiger partial charge is 0.221 e. The molecule has 2 aromatic carbocycles. The SMILES string of the molecule is Cc1cn(C)c2c(C(C)(C)C)cc(-c3cccnc3OCc3ccccc3)cc12. The minimum Gasteiger partial charge on any atom is -0.472 e. The van der Waals surface area contributed by atoms with Gasteiger partial charge < -0.3 is 9.30 Å². The Labute approximate surface area is 173 Å². The summed E-state index contributed by atoms with van der Waals surface area (Å²) in [6.07, 6.45) is 4.00. The van der Waals surface area contributed by atoms with Crippen LogP contribution in [0.25, 0.3) is 22.0 Å². The number of benzene rings is 2. The molecule has 0 saturated carbocycles. The fourth-order valence-corrected chi connectivity index (χ4v) is 3.92. The third-order valence-electron chi connectivity index (χ3n) is 5.38. The molecule has 4 aromatic rings. The molecule has 0 aliphatic carbocycles. The van der Waals surface area contributed by atoms with Crippen molar-refractivity contribution in [2.24, 2.45) is 7.05 Å². The van der Waals surface area contributed by atoms with Gasteiger partial charge in [0.05, 0.1) is 5.52 Å². The zero-order valence-corrected chi connectivity index (χ0v) is 17.9. The number of nitrogens with zero attached hydrogens (tertiary/aromatic N) is 2. The van der Waals surface area contributed by atoms with Crippen LogP contribution in [-0.4, -0.2) is 9.55 Å². The van der Waals surface area contributed by atoms with Crippen molar-refractivity contribution in [3.63, 3.8) is 0 Å². The van der Waals surface area contributed by atoms with Crippen LogP contribution in [0, 0.1) is 6.92 Å². The zero-order chi connectivity index (χ0) is 20.6. The summed E-state index contributed by atoms with van der Waals surface area (Å²) in [7, 11) is 2.13. The molecular weight excluding hydrogens is 356 g/mol. The minimum atomic E-state index is 0.0279. The molecule has 4 rings (SSSR count). The van der Waals surface area contributed by atoms with E-state index in [0.717, 1.165) is 16.7 Å². The second kappa shape index (κ2) is 7.40. The fourth-order valence-electron chi connectivity index (χ4n) is 3.92. The first-order chi connectivity index (χ1) is 13.8. The van der Waals surface area contributed by atoms with Crippen LogP contribution < -0.4 is 4.74 Å². The maximum absolute atomic E-state index is 6.13. The second-order valence-electron chi connectivity index (χ2n) is 8.72. The third-order valence-corrected chi connectivity index (χ3v) is 5.38. The van der Waals surface area contributed by atoms with E-state index in [4.69, 9.17) is 4.74 Å². The Morgan fingerprint density at radius 1 is 1.00 bits per heavy atom. The van der Waals surface area contributed by atoms with Gasteiger partial charge in [-0.1, -0.05) is 51.1 Å². The van der Waals surface area contributed by atoms with Crippen LogP contribution in [0.5, 0.6) is 5.88 Å². The fraction of sp³-hybridized carbons (Fsp3) is 0.269. The average Bonchev–Trinajstić information content (AvgIpc) is 3.00.